The number of fused-ring (bicyclic) bond motifs is 1. The molecule has 15 nitrogen and oxygen atoms in total. The summed E-state index contributed by atoms with van der Waals surface area (Å²) < 4.78 is 70.5. The first-order valence-corrected chi connectivity index (χ1v) is 22.0. The molecular formula is C42H58Cl2F5N7O8. The van der Waals surface area contributed by atoms with Gasteiger partial charge in [0.05, 0.1) is 13.1 Å². The van der Waals surface area contributed by atoms with E-state index in [0.717, 1.165) is 14.7 Å². The van der Waals surface area contributed by atoms with E-state index in [1.807, 2.05) is 0 Å². The highest BCUT2D eigenvalue weighted by Crippen LogP contribution is 2.35. The van der Waals surface area contributed by atoms with Gasteiger partial charge in [-0.05, 0) is 68.2 Å². The lowest BCUT2D eigenvalue weighted by molar-refractivity contribution is -0.250. The zero-order valence-corrected chi connectivity index (χ0v) is 38.3. The Morgan fingerprint density at radius 2 is 1.61 bits per heavy atom. The van der Waals surface area contributed by atoms with Crippen molar-refractivity contribution in [3.05, 3.63) is 33.8 Å². The van der Waals surface area contributed by atoms with Gasteiger partial charge in [-0.1, -0.05) is 50.9 Å². The number of carbonyl (C=O) groups excluding carboxylic acids is 7. The summed E-state index contributed by atoms with van der Waals surface area (Å²) in [7, 11) is 2.61. The van der Waals surface area contributed by atoms with Gasteiger partial charge in [0.25, 0.3) is 5.91 Å². The van der Waals surface area contributed by atoms with Gasteiger partial charge in [0.1, 0.15) is 48.6 Å². The maximum atomic E-state index is 15.0. The number of nitrogens with zero attached hydrogens (tertiary/aromatic N) is 4. The van der Waals surface area contributed by atoms with Gasteiger partial charge in [0.15, 0.2) is 0 Å². The van der Waals surface area contributed by atoms with Crippen molar-refractivity contribution in [2.75, 3.05) is 33.7 Å². The summed E-state index contributed by atoms with van der Waals surface area (Å²) in [6.45, 7) is 5.54. The lowest BCUT2D eigenvalue weighted by atomic mass is 9.97. The second-order valence-electron chi connectivity index (χ2n) is 17.8. The molecule has 0 aliphatic carbocycles. The number of nitrogens with one attached hydrogen (secondary N) is 3. The van der Waals surface area contributed by atoms with Crippen LogP contribution in [0.3, 0.4) is 0 Å². The monoisotopic (exact) mass is 953 g/mol. The Labute approximate surface area is 379 Å². The summed E-state index contributed by atoms with van der Waals surface area (Å²) in [5, 5.41) is 18.4. The van der Waals surface area contributed by atoms with E-state index in [9.17, 15) is 56.2 Å². The van der Waals surface area contributed by atoms with Crippen LogP contribution in [-0.2, 0) is 40.0 Å². The molecule has 1 aromatic carbocycles. The van der Waals surface area contributed by atoms with Gasteiger partial charge < -0.3 is 40.7 Å². The van der Waals surface area contributed by atoms with E-state index in [-0.39, 0.29) is 72.9 Å². The van der Waals surface area contributed by atoms with E-state index < -0.39 is 127 Å². The minimum absolute atomic E-state index is 0.0360. The van der Waals surface area contributed by atoms with Gasteiger partial charge in [0, 0.05) is 49.9 Å². The first-order chi connectivity index (χ1) is 29.7. The van der Waals surface area contributed by atoms with Crippen LogP contribution in [0.5, 0.6) is 0 Å². The van der Waals surface area contributed by atoms with E-state index in [1.165, 1.54) is 46.1 Å². The molecule has 1 aromatic rings. The smallest absolute Gasteiger partial charge is 0.373 e. The number of alkyl halides is 5. The van der Waals surface area contributed by atoms with Gasteiger partial charge in [-0.3, -0.25) is 33.6 Å². The quantitative estimate of drug-likeness (QED) is 0.257. The zero-order chi connectivity index (χ0) is 48.2. The lowest BCUT2D eigenvalue weighted by Crippen LogP contribution is -2.62. The molecule has 9 atom stereocenters. The molecule has 7 amide bonds. The molecule has 3 saturated heterocycles. The van der Waals surface area contributed by atoms with Crippen LogP contribution in [0.1, 0.15) is 78.7 Å². The number of aliphatic hydroxyl groups is 1. The van der Waals surface area contributed by atoms with Crippen LogP contribution in [0.25, 0.3) is 0 Å². The molecule has 0 aromatic heterocycles. The van der Waals surface area contributed by atoms with Gasteiger partial charge in [-0.15, -0.1) is 0 Å². The van der Waals surface area contributed by atoms with Crippen LogP contribution < -0.4 is 16.0 Å². The molecule has 358 valence electrons. The van der Waals surface area contributed by atoms with E-state index in [4.69, 9.17) is 23.2 Å². The van der Waals surface area contributed by atoms with Crippen LogP contribution in [0.2, 0.25) is 10.0 Å². The van der Waals surface area contributed by atoms with Crippen LogP contribution in [0, 0.1) is 11.8 Å². The number of hydrogen-bond donors (Lipinski definition) is 4. The number of amides is 7. The number of hydrogen-bond acceptors (Lipinski definition) is 8. The molecule has 0 radical (unpaired) electrons. The minimum Gasteiger partial charge on any atom is -0.373 e. The van der Waals surface area contributed by atoms with Crippen molar-refractivity contribution >= 4 is 64.6 Å². The van der Waals surface area contributed by atoms with Gasteiger partial charge in [0.2, 0.25) is 41.0 Å². The van der Waals surface area contributed by atoms with Crippen LogP contribution >= 0.6 is 23.2 Å². The number of rotatable bonds is 10. The highest BCUT2D eigenvalue weighted by Gasteiger charge is 2.59. The SMILES string of the molecule is CC(C)C[C@@H]1NC(=O)[C@@H](N(C)C(=O)[C@@H](NC(=O)[C@@H]2C[C@@H](F)CN2C(=O)[C@@](C)(O)C(F)(F)F)C(C)C)CCCCNC(=O)[C@@H]2C[C@@H](F)CN2C(=O)[C@H](Cc2cc(Cl)ccc2Cl)N(C)C1=O. The number of likely N-dealkylation sites (tertiary alicyclic amines) is 1. The Morgan fingerprint density at radius 1 is 0.969 bits per heavy atom. The number of likely N-dealkylation sites (N-methyl/N-ethyl adjacent to an activating group) is 2. The Morgan fingerprint density at radius 3 is 2.22 bits per heavy atom. The molecule has 4 rings (SSSR count). The first-order valence-electron chi connectivity index (χ1n) is 21.2. The van der Waals surface area contributed by atoms with E-state index in [0.29, 0.717) is 5.56 Å². The maximum Gasteiger partial charge on any atom is 0.426 e. The van der Waals surface area contributed by atoms with Crippen LogP contribution in [-0.4, -0.2) is 160 Å². The van der Waals surface area contributed by atoms with Crippen molar-refractivity contribution in [2.24, 2.45) is 11.8 Å². The Balaban J connectivity index is 1.68. The molecule has 0 unspecified atom stereocenters. The van der Waals surface area contributed by atoms with Crippen molar-refractivity contribution < 1.29 is 60.6 Å². The van der Waals surface area contributed by atoms with Gasteiger partial charge in [-0.25, -0.2) is 8.78 Å². The normalized spacial score (nSPS) is 27.0. The van der Waals surface area contributed by atoms with E-state index in [1.54, 1.807) is 13.8 Å². The molecule has 0 saturated carbocycles. The van der Waals surface area contributed by atoms with Crippen molar-refractivity contribution in [2.45, 2.75) is 140 Å². The second kappa shape index (κ2) is 21.3. The standard InChI is InChI=1S/C42H58Cl2F5N7O8/c1-21(2)14-28-37(60)54(7)32(16-23-15-24(43)11-12-27(23)44)38(61)55-19-25(45)17-30(55)34(57)50-13-9-8-10-29(35(58)51-28)53(6)39(62)33(22(3)4)52-36(59)31-18-26(46)20-56(31)40(63)41(5,64)42(47,48)49/h11-12,15,21-22,25-26,28-33,64H,8-10,13-14,16-20H2,1-7H3,(H,50,57)(H,51,58)(H,52,59)/t25-,26-,28+,29+,30+,31+,32+,33+,41-/m1/s1. The van der Waals surface area contributed by atoms with Gasteiger partial charge in [-0.2, -0.15) is 13.2 Å². The average Bonchev–Trinajstić information content (AvgIpc) is 3.80. The highest BCUT2D eigenvalue weighted by atomic mass is 35.5. The molecule has 64 heavy (non-hydrogen) atoms. The molecule has 22 heteroatoms. The average molecular weight is 955 g/mol. The number of benzene rings is 1. The first kappa shape index (κ1) is 52.3. The van der Waals surface area contributed by atoms with Gasteiger partial charge >= 0.3 is 6.18 Å². The third-order valence-corrected chi connectivity index (χ3v) is 12.6. The molecule has 3 heterocycles. The van der Waals surface area contributed by atoms with Crippen LogP contribution in [0.4, 0.5) is 22.0 Å². The van der Waals surface area contributed by atoms with Crippen LogP contribution in [0.15, 0.2) is 18.2 Å². The largest absolute Gasteiger partial charge is 0.426 e. The third kappa shape index (κ3) is 12.1. The predicted molar refractivity (Wildman–Crippen MR) is 225 cm³/mol. The summed E-state index contributed by atoms with van der Waals surface area (Å²) in [6, 6.07) is -3.93. The molecule has 3 fully saturated rings. The molecule has 3 aliphatic rings. The topological polar surface area (TPSA) is 189 Å². The molecular weight excluding hydrogens is 896 g/mol. The summed E-state index contributed by atoms with van der Waals surface area (Å²) in [5.41, 5.74) is -3.57. The third-order valence-electron chi connectivity index (χ3n) is 12.0. The second-order valence-corrected chi connectivity index (χ2v) is 18.6. The van der Waals surface area contributed by atoms with E-state index >= 15 is 4.39 Å². The van der Waals surface area contributed by atoms with E-state index in [2.05, 4.69) is 16.0 Å². The Kier molecular flexibility index (Phi) is 17.4. The summed E-state index contributed by atoms with van der Waals surface area (Å²) >= 11 is 12.8. The maximum absolute atomic E-state index is 15.0. The van der Waals surface area contributed by atoms with Crippen molar-refractivity contribution in [1.82, 2.24) is 35.6 Å². The number of carbonyl (C=O) groups is 7. The zero-order valence-electron chi connectivity index (χ0n) is 36.8. The number of halogens is 7. The van der Waals surface area contributed by atoms with Crippen molar-refractivity contribution in [3.63, 3.8) is 0 Å². The Hall–Kier alpha value is -4.30. The Bertz CT molecular complexity index is 1930. The lowest BCUT2D eigenvalue weighted by Gasteiger charge is -2.37. The summed E-state index contributed by atoms with van der Waals surface area (Å²) in [6.07, 6.45) is -9.66. The molecule has 0 spiro atoms. The predicted octanol–water partition coefficient (Wildman–Crippen LogP) is 3.35. The fraction of sp³-hybridized carbons (Fsp3) is 0.690. The summed E-state index contributed by atoms with van der Waals surface area (Å²) in [4.78, 5) is 101. The summed E-state index contributed by atoms with van der Waals surface area (Å²) in [5.74, 6) is -7.81. The molecule has 3 aliphatic heterocycles. The van der Waals surface area contributed by atoms with Crippen molar-refractivity contribution in [3.8, 4) is 0 Å². The molecule has 4 N–H and O–H groups in total. The highest BCUT2D eigenvalue weighted by molar-refractivity contribution is 6.33. The minimum atomic E-state index is -5.45. The van der Waals surface area contributed by atoms with Crippen molar-refractivity contribution in [1.29, 1.82) is 0 Å². The fourth-order valence-corrected chi connectivity index (χ4v) is 8.60. The molecule has 0 bridgehead atoms. The fourth-order valence-electron chi connectivity index (χ4n) is 8.21.